The highest BCUT2D eigenvalue weighted by atomic mass is 35.5. The van der Waals surface area contributed by atoms with Gasteiger partial charge in [0.2, 0.25) is 5.91 Å². The normalized spacial score (nSPS) is 18.2. The van der Waals surface area contributed by atoms with Crippen molar-refractivity contribution in [2.45, 2.75) is 70.3 Å². The van der Waals surface area contributed by atoms with Crippen LogP contribution in [0.1, 0.15) is 61.8 Å². The maximum absolute atomic E-state index is 12.8. The summed E-state index contributed by atoms with van der Waals surface area (Å²) in [5.41, 5.74) is 11.2. The molecule has 1 aliphatic heterocycles. The van der Waals surface area contributed by atoms with Gasteiger partial charge in [0, 0.05) is 43.8 Å². The number of hydrogen-bond donors (Lipinski definition) is 2. The number of aliphatic carboxylic acids is 1. The third-order valence-corrected chi connectivity index (χ3v) is 7.63. The molecular formula is C27H32Cl2F3N3O3. The summed E-state index contributed by atoms with van der Waals surface area (Å²) >= 11 is 12.3. The molecule has 6 nitrogen and oxygen atoms in total. The van der Waals surface area contributed by atoms with Crippen molar-refractivity contribution in [1.29, 1.82) is 0 Å². The number of likely N-dealkylation sites (tertiary alicyclic amines) is 1. The van der Waals surface area contributed by atoms with E-state index in [4.69, 9.17) is 38.8 Å². The van der Waals surface area contributed by atoms with Crippen molar-refractivity contribution in [2.75, 3.05) is 18.0 Å². The summed E-state index contributed by atoms with van der Waals surface area (Å²) in [7, 11) is 0. The zero-order chi connectivity index (χ0) is 28.0. The van der Waals surface area contributed by atoms with Crippen LogP contribution in [0.25, 0.3) is 0 Å². The Balaban J connectivity index is 0.000000505. The van der Waals surface area contributed by atoms with Crippen LogP contribution in [0.3, 0.4) is 0 Å². The minimum atomic E-state index is -5.08. The molecule has 1 aliphatic carbocycles. The molecule has 208 valence electrons. The van der Waals surface area contributed by atoms with Crippen molar-refractivity contribution < 1.29 is 27.9 Å². The minimum absolute atomic E-state index is 0.128. The first kappa shape index (κ1) is 30.2. The van der Waals surface area contributed by atoms with E-state index >= 15 is 0 Å². The quantitative estimate of drug-likeness (QED) is 0.434. The van der Waals surface area contributed by atoms with E-state index in [0.717, 1.165) is 51.0 Å². The van der Waals surface area contributed by atoms with Crippen molar-refractivity contribution in [1.82, 2.24) is 4.90 Å². The fourth-order valence-corrected chi connectivity index (χ4v) is 5.25. The molecule has 4 rings (SSSR count). The summed E-state index contributed by atoms with van der Waals surface area (Å²) in [5.74, 6) is -2.63. The molecule has 1 amide bonds. The molecule has 0 bridgehead atoms. The van der Waals surface area contributed by atoms with E-state index in [-0.39, 0.29) is 18.0 Å². The maximum atomic E-state index is 12.8. The van der Waals surface area contributed by atoms with E-state index in [1.807, 2.05) is 24.0 Å². The number of rotatable bonds is 5. The number of carbonyl (C=O) groups is 2. The number of alkyl halides is 3. The summed E-state index contributed by atoms with van der Waals surface area (Å²) in [5, 5.41) is 8.12. The molecule has 2 aromatic carbocycles. The number of carboxylic acids is 1. The van der Waals surface area contributed by atoms with Gasteiger partial charge in [-0.2, -0.15) is 13.2 Å². The monoisotopic (exact) mass is 573 g/mol. The Labute approximate surface area is 230 Å². The highest BCUT2D eigenvalue weighted by Gasteiger charge is 2.38. The molecule has 3 N–H and O–H groups in total. The Morgan fingerprint density at radius 3 is 2.32 bits per heavy atom. The Bertz CT molecular complexity index is 1140. The first-order valence-corrected chi connectivity index (χ1v) is 13.3. The summed E-state index contributed by atoms with van der Waals surface area (Å²) in [6, 6.07) is 12.7. The molecule has 0 aromatic heterocycles. The second kappa shape index (κ2) is 13.2. The van der Waals surface area contributed by atoms with Crippen molar-refractivity contribution in [3.8, 4) is 0 Å². The van der Waals surface area contributed by atoms with E-state index in [2.05, 4.69) is 23.1 Å². The number of aryl methyl sites for hydroxylation is 1. The fraction of sp³-hybridized carbons (Fsp3) is 0.481. The molecule has 2 aliphatic rings. The molecule has 1 atom stereocenters. The van der Waals surface area contributed by atoms with Gasteiger partial charge >= 0.3 is 12.1 Å². The number of halogens is 5. The number of anilines is 1. The number of carbonyl (C=O) groups excluding carboxylic acids is 1. The molecule has 11 heteroatoms. The van der Waals surface area contributed by atoms with E-state index in [1.54, 1.807) is 6.07 Å². The third kappa shape index (κ3) is 7.85. The number of hydrogen-bond acceptors (Lipinski definition) is 4. The van der Waals surface area contributed by atoms with Gasteiger partial charge in [-0.1, -0.05) is 48.3 Å². The molecule has 38 heavy (non-hydrogen) atoms. The first-order chi connectivity index (χ1) is 17.9. The highest BCUT2D eigenvalue weighted by Crippen LogP contribution is 2.32. The van der Waals surface area contributed by atoms with Crippen LogP contribution in [0.2, 0.25) is 10.0 Å². The van der Waals surface area contributed by atoms with E-state index in [9.17, 15) is 18.0 Å². The molecular weight excluding hydrogens is 542 g/mol. The van der Waals surface area contributed by atoms with Crippen LogP contribution >= 0.6 is 23.2 Å². The van der Waals surface area contributed by atoms with E-state index in [0.29, 0.717) is 16.5 Å². The summed E-state index contributed by atoms with van der Waals surface area (Å²) < 4.78 is 31.7. The topological polar surface area (TPSA) is 86.9 Å². The summed E-state index contributed by atoms with van der Waals surface area (Å²) in [6.45, 7) is 4.79. The van der Waals surface area contributed by atoms with Gasteiger partial charge < -0.3 is 15.7 Å². The molecule has 1 saturated heterocycles. The molecule has 0 unspecified atom stereocenters. The van der Waals surface area contributed by atoms with Crippen molar-refractivity contribution in [3.63, 3.8) is 0 Å². The highest BCUT2D eigenvalue weighted by molar-refractivity contribution is 6.42. The molecule has 0 spiro atoms. The minimum Gasteiger partial charge on any atom is -0.475 e. The van der Waals surface area contributed by atoms with Gasteiger partial charge in [-0.05, 0) is 67.0 Å². The lowest BCUT2D eigenvalue weighted by Crippen LogP contribution is -2.47. The largest absolute Gasteiger partial charge is 0.490 e. The van der Waals surface area contributed by atoms with Crippen LogP contribution in [-0.4, -0.2) is 47.2 Å². The lowest BCUT2D eigenvalue weighted by atomic mass is 9.87. The number of nitrogens with two attached hydrogens (primary N) is 1. The summed E-state index contributed by atoms with van der Waals surface area (Å²) in [4.78, 5) is 26.1. The van der Waals surface area contributed by atoms with Crippen LogP contribution in [0.5, 0.6) is 0 Å². The average molecular weight is 574 g/mol. The van der Waals surface area contributed by atoms with Crippen LogP contribution in [0.15, 0.2) is 36.4 Å². The standard InChI is InChI=1S/C25H31Cl2N3O.C2HF3O2/c1-2-25(31)30(20-7-9-22(26)23(27)15-20)19-10-12-29(13-11-19)16-17-6-8-21-18(14-17)4-3-5-24(21)28;3-2(4,5)1(6)7/h6-9,14-15,19,24H,2-5,10-13,16,28H2,1H3;(H,6,7)/t24-;/m1./s1. The van der Waals surface area contributed by atoms with Gasteiger partial charge in [-0.3, -0.25) is 9.69 Å². The first-order valence-electron chi connectivity index (χ1n) is 12.6. The summed E-state index contributed by atoms with van der Waals surface area (Å²) in [6.07, 6.45) is 0.683. The molecule has 1 heterocycles. The Kier molecular flexibility index (Phi) is 10.5. The van der Waals surface area contributed by atoms with Crippen molar-refractivity contribution in [3.05, 3.63) is 63.1 Å². The van der Waals surface area contributed by atoms with Gasteiger partial charge in [0.05, 0.1) is 10.0 Å². The predicted molar refractivity (Wildman–Crippen MR) is 143 cm³/mol. The van der Waals surface area contributed by atoms with Crippen LogP contribution in [0, 0.1) is 0 Å². The SMILES string of the molecule is CCC(=O)N(c1ccc(Cl)c(Cl)c1)C1CCN(Cc2ccc3c(c2)CCC[C@H]3N)CC1.O=C(O)C(F)(F)F. The van der Waals surface area contributed by atoms with Gasteiger partial charge in [-0.25, -0.2) is 4.79 Å². The molecule has 1 fully saturated rings. The number of carboxylic acid groups (broad SMARTS) is 1. The number of fused-ring (bicyclic) bond motifs is 1. The molecule has 0 radical (unpaired) electrons. The smallest absolute Gasteiger partial charge is 0.475 e. The lowest BCUT2D eigenvalue weighted by Gasteiger charge is -2.39. The Morgan fingerprint density at radius 2 is 1.74 bits per heavy atom. The fourth-order valence-electron chi connectivity index (χ4n) is 4.96. The van der Waals surface area contributed by atoms with E-state index < -0.39 is 12.1 Å². The van der Waals surface area contributed by atoms with Crippen LogP contribution in [0.4, 0.5) is 18.9 Å². The van der Waals surface area contributed by atoms with Gasteiger partial charge in [0.25, 0.3) is 0 Å². The van der Waals surface area contributed by atoms with E-state index in [1.165, 1.54) is 23.1 Å². The third-order valence-electron chi connectivity index (χ3n) is 6.89. The zero-order valence-corrected chi connectivity index (χ0v) is 22.6. The zero-order valence-electron chi connectivity index (χ0n) is 21.1. The second-order valence-corrected chi connectivity index (χ2v) is 10.4. The Morgan fingerprint density at radius 1 is 1.08 bits per heavy atom. The second-order valence-electron chi connectivity index (χ2n) is 9.56. The number of nitrogens with zero attached hydrogens (tertiary/aromatic N) is 2. The maximum Gasteiger partial charge on any atom is 0.490 e. The Hall–Kier alpha value is -2.33. The van der Waals surface area contributed by atoms with Crippen LogP contribution < -0.4 is 10.6 Å². The van der Waals surface area contributed by atoms with Gasteiger partial charge in [-0.15, -0.1) is 0 Å². The number of benzene rings is 2. The molecule has 0 saturated carbocycles. The molecule has 2 aromatic rings. The average Bonchev–Trinajstić information content (AvgIpc) is 2.87. The van der Waals surface area contributed by atoms with Gasteiger partial charge in [0.1, 0.15) is 0 Å². The van der Waals surface area contributed by atoms with Crippen LogP contribution in [-0.2, 0) is 22.6 Å². The van der Waals surface area contributed by atoms with Crippen molar-refractivity contribution >= 4 is 40.8 Å². The predicted octanol–water partition coefficient (Wildman–Crippen LogP) is 6.37. The van der Waals surface area contributed by atoms with Gasteiger partial charge in [0.15, 0.2) is 0 Å². The van der Waals surface area contributed by atoms with Crippen molar-refractivity contribution in [2.24, 2.45) is 5.73 Å². The lowest BCUT2D eigenvalue weighted by molar-refractivity contribution is -0.192. The number of piperidine rings is 1. The number of amides is 1.